The fraction of sp³-hybridized carbons (Fsp3) is 0.121. The standard InChI is InChI=1S/C33H20ClF2NO3/c34-20-12-9-18(10-13-20)30(38)29-28(24-7-3-4-8-25(24)36)33(31(39)22-5-1-2-6-23(22)32(33)40)27-16-11-19-17-21(35)14-15-26(19)37(27)29/h1-17,27-29H/t27-,28+,29+/m1/s1. The SMILES string of the molecule is O=C(c1ccc(Cl)cc1)[C@@H]1[C@H](c2ccccc2F)C2(C(=O)c3ccccc3C2=O)[C@H]2C=Cc3cc(F)ccc3N12. The van der Waals surface area contributed by atoms with Crippen molar-refractivity contribution in [1.82, 2.24) is 0 Å². The second-order valence-electron chi connectivity index (χ2n) is 10.3. The average Bonchev–Trinajstić information content (AvgIpc) is 3.39. The van der Waals surface area contributed by atoms with E-state index in [0.29, 0.717) is 21.8 Å². The molecule has 0 bridgehead atoms. The Morgan fingerprint density at radius 3 is 2.15 bits per heavy atom. The van der Waals surface area contributed by atoms with Crippen LogP contribution in [0.2, 0.25) is 5.02 Å². The van der Waals surface area contributed by atoms with Crippen molar-refractivity contribution >= 4 is 40.7 Å². The second-order valence-corrected chi connectivity index (χ2v) is 10.7. The highest BCUT2D eigenvalue weighted by Crippen LogP contribution is 2.61. The predicted molar refractivity (Wildman–Crippen MR) is 148 cm³/mol. The molecule has 0 radical (unpaired) electrons. The topological polar surface area (TPSA) is 54.5 Å². The number of hydrogen-bond donors (Lipinski definition) is 0. The first-order chi connectivity index (χ1) is 19.3. The maximum Gasteiger partial charge on any atom is 0.185 e. The van der Waals surface area contributed by atoms with Crippen molar-refractivity contribution in [2.24, 2.45) is 5.41 Å². The minimum absolute atomic E-state index is 0.0933. The van der Waals surface area contributed by atoms with Crippen LogP contribution in [0.3, 0.4) is 0 Å². The number of carbonyl (C=O) groups excluding carboxylic acids is 3. The predicted octanol–water partition coefficient (Wildman–Crippen LogP) is 6.93. The van der Waals surface area contributed by atoms with Crippen LogP contribution in [-0.2, 0) is 0 Å². The minimum Gasteiger partial charge on any atom is -0.352 e. The third kappa shape index (κ3) is 3.20. The summed E-state index contributed by atoms with van der Waals surface area (Å²) in [5, 5.41) is 0.432. The van der Waals surface area contributed by atoms with Crippen LogP contribution in [0, 0.1) is 17.0 Å². The van der Waals surface area contributed by atoms with Crippen molar-refractivity contribution in [3.63, 3.8) is 0 Å². The molecule has 1 saturated heterocycles. The molecule has 1 aliphatic carbocycles. The molecule has 7 heteroatoms. The molecule has 7 rings (SSSR count). The van der Waals surface area contributed by atoms with Gasteiger partial charge < -0.3 is 4.90 Å². The van der Waals surface area contributed by atoms with E-state index >= 15 is 4.39 Å². The highest BCUT2D eigenvalue weighted by atomic mass is 35.5. The molecule has 4 nitrogen and oxygen atoms in total. The van der Waals surface area contributed by atoms with Crippen LogP contribution in [0.25, 0.3) is 6.08 Å². The Morgan fingerprint density at radius 1 is 0.825 bits per heavy atom. The van der Waals surface area contributed by atoms with Crippen LogP contribution in [0.1, 0.15) is 48.1 Å². The third-order valence-electron chi connectivity index (χ3n) is 8.40. The lowest BCUT2D eigenvalue weighted by atomic mass is 9.64. The van der Waals surface area contributed by atoms with Gasteiger partial charge in [-0.25, -0.2) is 8.78 Å². The summed E-state index contributed by atoms with van der Waals surface area (Å²) >= 11 is 6.10. The summed E-state index contributed by atoms with van der Waals surface area (Å²) in [4.78, 5) is 45.2. The largest absolute Gasteiger partial charge is 0.352 e. The molecule has 0 saturated carbocycles. The smallest absolute Gasteiger partial charge is 0.185 e. The van der Waals surface area contributed by atoms with Crippen LogP contribution in [0.15, 0.2) is 97.1 Å². The van der Waals surface area contributed by atoms with Crippen LogP contribution < -0.4 is 4.90 Å². The minimum atomic E-state index is -1.83. The van der Waals surface area contributed by atoms with Gasteiger partial charge in [0.05, 0.1) is 6.04 Å². The van der Waals surface area contributed by atoms with E-state index in [1.165, 1.54) is 36.4 Å². The van der Waals surface area contributed by atoms with Gasteiger partial charge in [-0.2, -0.15) is 0 Å². The van der Waals surface area contributed by atoms with Crippen molar-refractivity contribution in [1.29, 1.82) is 0 Å². The van der Waals surface area contributed by atoms with Gasteiger partial charge >= 0.3 is 0 Å². The first kappa shape index (κ1) is 24.6. The molecule has 3 atom stereocenters. The number of benzene rings is 4. The number of rotatable bonds is 3. The number of carbonyl (C=O) groups is 3. The average molecular weight is 552 g/mol. The van der Waals surface area contributed by atoms with Gasteiger partial charge in [0, 0.05) is 38.9 Å². The Balaban J connectivity index is 1.56. The van der Waals surface area contributed by atoms with Gasteiger partial charge in [-0.1, -0.05) is 66.2 Å². The number of fused-ring (bicyclic) bond motifs is 5. The zero-order valence-corrected chi connectivity index (χ0v) is 21.6. The van der Waals surface area contributed by atoms with Crippen molar-refractivity contribution in [2.75, 3.05) is 4.90 Å². The molecule has 1 fully saturated rings. The summed E-state index contributed by atoms with van der Waals surface area (Å²) in [7, 11) is 0. The molecule has 196 valence electrons. The summed E-state index contributed by atoms with van der Waals surface area (Å²) in [5.41, 5.74) is 0.0106. The lowest BCUT2D eigenvalue weighted by Gasteiger charge is -2.37. The molecule has 4 aromatic rings. The van der Waals surface area contributed by atoms with Gasteiger partial charge in [0.2, 0.25) is 0 Å². The summed E-state index contributed by atoms with van der Waals surface area (Å²) in [5.74, 6) is -3.61. The first-order valence-electron chi connectivity index (χ1n) is 12.8. The zero-order chi connectivity index (χ0) is 27.8. The van der Waals surface area contributed by atoms with Gasteiger partial charge in [-0.05, 0) is 54.1 Å². The van der Waals surface area contributed by atoms with E-state index in [4.69, 9.17) is 11.6 Å². The van der Waals surface area contributed by atoms with E-state index < -0.39 is 52.4 Å². The normalized spacial score (nSPS) is 21.9. The molecule has 2 aliphatic heterocycles. The Kier molecular flexibility index (Phi) is 5.41. The summed E-state index contributed by atoms with van der Waals surface area (Å²) in [6.45, 7) is 0. The summed E-state index contributed by atoms with van der Waals surface area (Å²) < 4.78 is 30.0. The molecule has 1 spiro atoms. The lowest BCUT2D eigenvalue weighted by Crippen LogP contribution is -2.48. The van der Waals surface area contributed by atoms with Gasteiger partial charge in [-0.15, -0.1) is 0 Å². The van der Waals surface area contributed by atoms with Crippen LogP contribution in [-0.4, -0.2) is 29.4 Å². The fourth-order valence-electron chi connectivity index (χ4n) is 6.80. The number of halogens is 3. The number of hydrogen-bond acceptors (Lipinski definition) is 4. The second kappa shape index (κ2) is 8.80. The number of ketones is 3. The third-order valence-corrected chi connectivity index (χ3v) is 8.66. The van der Waals surface area contributed by atoms with E-state index in [0.717, 1.165) is 0 Å². The van der Waals surface area contributed by atoms with Gasteiger partial charge in [0.15, 0.2) is 17.3 Å². The Hall–Kier alpha value is -4.42. The van der Waals surface area contributed by atoms with E-state index in [1.54, 1.807) is 71.6 Å². The molecule has 4 aromatic carbocycles. The van der Waals surface area contributed by atoms with E-state index in [1.807, 2.05) is 0 Å². The fourth-order valence-corrected chi connectivity index (χ4v) is 6.93. The van der Waals surface area contributed by atoms with Crippen molar-refractivity contribution in [3.8, 4) is 0 Å². The molecule has 2 heterocycles. The summed E-state index contributed by atoms with van der Waals surface area (Å²) in [6, 6.07) is 20.8. The monoisotopic (exact) mass is 551 g/mol. The van der Waals surface area contributed by atoms with Crippen molar-refractivity contribution in [3.05, 3.63) is 142 Å². The highest BCUT2D eigenvalue weighted by Gasteiger charge is 2.71. The van der Waals surface area contributed by atoms with E-state index in [9.17, 15) is 18.8 Å². The number of nitrogens with zero attached hydrogens (tertiary/aromatic N) is 1. The van der Waals surface area contributed by atoms with Crippen LogP contribution >= 0.6 is 11.6 Å². The lowest BCUT2D eigenvalue weighted by molar-refractivity contribution is 0.0664. The van der Waals surface area contributed by atoms with Gasteiger partial charge in [0.1, 0.15) is 23.1 Å². The first-order valence-corrected chi connectivity index (χ1v) is 13.2. The quantitative estimate of drug-likeness (QED) is 0.204. The Bertz CT molecular complexity index is 1750. The van der Waals surface area contributed by atoms with Gasteiger partial charge in [-0.3, -0.25) is 14.4 Å². The van der Waals surface area contributed by atoms with Crippen LogP contribution in [0.4, 0.5) is 14.5 Å². The molecule has 0 aromatic heterocycles. The molecule has 3 aliphatic rings. The maximum atomic E-state index is 15.7. The molecule has 0 amide bonds. The molecular formula is C33H20ClF2NO3. The Morgan fingerprint density at radius 2 is 1.48 bits per heavy atom. The maximum absolute atomic E-state index is 15.7. The highest BCUT2D eigenvalue weighted by molar-refractivity contribution is 6.32. The zero-order valence-electron chi connectivity index (χ0n) is 20.9. The number of Topliss-reactive ketones (excluding diaryl/α,β-unsaturated/α-hetero) is 3. The van der Waals surface area contributed by atoms with Crippen molar-refractivity contribution < 1.29 is 23.2 Å². The molecule has 40 heavy (non-hydrogen) atoms. The number of anilines is 1. The van der Waals surface area contributed by atoms with Gasteiger partial charge in [0.25, 0.3) is 0 Å². The van der Waals surface area contributed by atoms with Crippen LogP contribution in [0.5, 0.6) is 0 Å². The molecule has 0 N–H and O–H groups in total. The Labute approximate surface area is 233 Å². The van der Waals surface area contributed by atoms with Crippen molar-refractivity contribution in [2.45, 2.75) is 18.0 Å². The molecule has 0 unspecified atom stereocenters. The van der Waals surface area contributed by atoms with E-state index in [-0.39, 0.29) is 16.7 Å². The van der Waals surface area contributed by atoms with E-state index in [2.05, 4.69) is 0 Å². The summed E-state index contributed by atoms with van der Waals surface area (Å²) in [6.07, 6.45) is 3.34. The molecular weight excluding hydrogens is 532 g/mol.